The smallest absolute Gasteiger partial charge is 0.270 e. The number of aryl methyl sites for hydroxylation is 1. The normalized spacial score (nSPS) is 27.7. The molecule has 3 aliphatic rings. The van der Waals surface area contributed by atoms with E-state index in [0.717, 1.165) is 54.6 Å². The number of carbonyl (C=O) groups excluding carboxylic acids is 1. The van der Waals surface area contributed by atoms with Gasteiger partial charge in [-0.2, -0.15) is 4.98 Å². The van der Waals surface area contributed by atoms with Crippen molar-refractivity contribution in [2.24, 2.45) is 11.8 Å². The average molecular weight is 365 g/mol. The SMILES string of the molecule is O=Cc1ccc2c(c1)CCCN2c1noc(C2CCC3CCCCC3C2)n1. The van der Waals surface area contributed by atoms with E-state index < -0.39 is 0 Å². The predicted octanol–water partition coefficient (Wildman–Crippen LogP) is 5.04. The number of hydrogen-bond acceptors (Lipinski definition) is 5. The first kappa shape index (κ1) is 17.0. The van der Waals surface area contributed by atoms with E-state index in [0.29, 0.717) is 11.9 Å². The molecule has 0 spiro atoms. The average Bonchev–Trinajstić information content (AvgIpc) is 3.22. The lowest BCUT2D eigenvalue weighted by Gasteiger charge is -2.38. The molecule has 142 valence electrons. The number of aldehydes is 1. The van der Waals surface area contributed by atoms with Crippen LogP contribution in [0.15, 0.2) is 22.7 Å². The zero-order valence-corrected chi connectivity index (χ0v) is 15.8. The monoisotopic (exact) mass is 365 g/mol. The third-order valence-corrected chi connectivity index (χ3v) is 6.92. The summed E-state index contributed by atoms with van der Waals surface area (Å²) < 4.78 is 5.74. The molecule has 2 heterocycles. The number of rotatable bonds is 3. The molecule has 5 nitrogen and oxygen atoms in total. The van der Waals surface area contributed by atoms with E-state index in [-0.39, 0.29) is 0 Å². The standard InChI is InChI=1S/C22H27N3O2/c26-14-15-7-10-20-18(12-15)6-3-11-25(20)22-23-21(27-24-22)19-9-8-16-4-1-2-5-17(16)13-19/h7,10,12,14,16-17,19H,1-6,8-9,11,13H2. The van der Waals surface area contributed by atoms with E-state index in [1.54, 1.807) is 0 Å². The molecule has 2 saturated carbocycles. The van der Waals surface area contributed by atoms with Crippen LogP contribution in [0.2, 0.25) is 0 Å². The Morgan fingerprint density at radius 2 is 1.96 bits per heavy atom. The Kier molecular flexibility index (Phi) is 4.46. The fraction of sp³-hybridized carbons (Fsp3) is 0.591. The first-order valence-electron chi connectivity index (χ1n) is 10.5. The molecule has 27 heavy (non-hydrogen) atoms. The molecule has 1 aromatic heterocycles. The van der Waals surface area contributed by atoms with Gasteiger partial charge in [0, 0.05) is 23.7 Å². The molecule has 5 heteroatoms. The number of anilines is 2. The number of hydrogen-bond donors (Lipinski definition) is 0. The largest absolute Gasteiger partial charge is 0.337 e. The van der Waals surface area contributed by atoms with E-state index >= 15 is 0 Å². The quantitative estimate of drug-likeness (QED) is 0.713. The van der Waals surface area contributed by atoms with Crippen molar-refractivity contribution in [3.8, 4) is 0 Å². The van der Waals surface area contributed by atoms with Crippen molar-refractivity contribution >= 4 is 17.9 Å². The lowest BCUT2D eigenvalue weighted by atomic mass is 9.67. The Balaban J connectivity index is 1.36. The van der Waals surface area contributed by atoms with Gasteiger partial charge in [0.05, 0.1) is 0 Å². The van der Waals surface area contributed by atoms with Gasteiger partial charge in [-0.3, -0.25) is 4.79 Å². The maximum atomic E-state index is 11.1. The van der Waals surface area contributed by atoms with Crippen LogP contribution in [0, 0.1) is 11.8 Å². The molecule has 1 aromatic carbocycles. The van der Waals surface area contributed by atoms with Crippen LogP contribution < -0.4 is 4.90 Å². The summed E-state index contributed by atoms with van der Waals surface area (Å²) in [5.74, 6) is 3.71. The molecule has 0 saturated heterocycles. The highest BCUT2D eigenvalue weighted by Crippen LogP contribution is 2.46. The topological polar surface area (TPSA) is 59.2 Å². The van der Waals surface area contributed by atoms with Crippen molar-refractivity contribution in [1.82, 2.24) is 10.1 Å². The summed E-state index contributed by atoms with van der Waals surface area (Å²) in [6.07, 6.45) is 12.2. The maximum absolute atomic E-state index is 11.1. The second kappa shape index (κ2) is 7.10. The molecule has 0 bridgehead atoms. The number of aromatic nitrogens is 2. The van der Waals surface area contributed by atoms with Crippen molar-refractivity contribution in [3.63, 3.8) is 0 Å². The summed E-state index contributed by atoms with van der Waals surface area (Å²) in [6.45, 7) is 0.891. The second-order valence-electron chi connectivity index (χ2n) is 8.51. The van der Waals surface area contributed by atoms with Gasteiger partial charge in [-0.05, 0) is 72.9 Å². The zero-order chi connectivity index (χ0) is 18.2. The van der Waals surface area contributed by atoms with Crippen LogP contribution in [0.4, 0.5) is 11.6 Å². The number of carbonyl (C=O) groups is 1. The highest BCUT2D eigenvalue weighted by atomic mass is 16.5. The van der Waals surface area contributed by atoms with Gasteiger partial charge < -0.3 is 9.42 Å². The van der Waals surface area contributed by atoms with Crippen molar-refractivity contribution < 1.29 is 9.32 Å². The van der Waals surface area contributed by atoms with Gasteiger partial charge in [-0.25, -0.2) is 0 Å². The number of nitrogens with zero attached hydrogens (tertiary/aromatic N) is 3. The van der Waals surface area contributed by atoms with Gasteiger partial charge in [0.1, 0.15) is 6.29 Å². The van der Waals surface area contributed by atoms with Gasteiger partial charge in [0.15, 0.2) is 0 Å². The molecule has 3 unspecified atom stereocenters. The van der Waals surface area contributed by atoms with Crippen molar-refractivity contribution in [2.75, 3.05) is 11.4 Å². The van der Waals surface area contributed by atoms with E-state index in [1.165, 1.54) is 50.5 Å². The van der Waals surface area contributed by atoms with Crippen LogP contribution in [0.1, 0.15) is 79.1 Å². The minimum atomic E-state index is 0.423. The molecular formula is C22H27N3O2. The molecule has 0 N–H and O–H groups in total. The lowest BCUT2D eigenvalue weighted by molar-refractivity contribution is 0.112. The fourth-order valence-corrected chi connectivity index (χ4v) is 5.50. The van der Waals surface area contributed by atoms with Crippen LogP contribution in [-0.4, -0.2) is 23.0 Å². The van der Waals surface area contributed by atoms with Gasteiger partial charge >= 0.3 is 0 Å². The predicted molar refractivity (Wildman–Crippen MR) is 103 cm³/mol. The van der Waals surface area contributed by atoms with Gasteiger partial charge in [0.25, 0.3) is 5.95 Å². The molecule has 0 radical (unpaired) electrons. The zero-order valence-electron chi connectivity index (χ0n) is 15.8. The third-order valence-electron chi connectivity index (χ3n) is 6.92. The van der Waals surface area contributed by atoms with Crippen molar-refractivity contribution in [1.29, 1.82) is 0 Å². The fourth-order valence-electron chi connectivity index (χ4n) is 5.50. The van der Waals surface area contributed by atoms with Gasteiger partial charge in [-0.15, -0.1) is 0 Å². The highest BCUT2D eigenvalue weighted by molar-refractivity contribution is 5.78. The summed E-state index contributed by atoms with van der Waals surface area (Å²) in [7, 11) is 0. The van der Waals surface area contributed by atoms with Crippen LogP contribution in [0.3, 0.4) is 0 Å². The van der Waals surface area contributed by atoms with Crippen LogP contribution in [0.25, 0.3) is 0 Å². The molecule has 1 aliphatic heterocycles. The van der Waals surface area contributed by atoms with Crippen LogP contribution >= 0.6 is 0 Å². The lowest BCUT2D eigenvalue weighted by Crippen LogP contribution is -2.27. The first-order valence-corrected chi connectivity index (χ1v) is 10.5. The minimum absolute atomic E-state index is 0.423. The van der Waals surface area contributed by atoms with Crippen molar-refractivity contribution in [3.05, 3.63) is 35.2 Å². The number of fused-ring (bicyclic) bond motifs is 2. The summed E-state index contributed by atoms with van der Waals surface area (Å²) in [6, 6.07) is 5.87. The number of benzene rings is 1. The highest BCUT2D eigenvalue weighted by Gasteiger charge is 2.35. The Bertz CT molecular complexity index is 831. The Labute approximate surface area is 160 Å². The summed E-state index contributed by atoms with van der Waals surface area (Å²) in [4.78, 5) is 18.0. The summed E-state index contributed by atoms with van der Waals surface area (Å²) in [5, 5.41) is 4.33. The molecule has 0 amide bonds. The molecule has 2 aliphatic carbocycles. The maximum Gasteiger partial charge on any atom is 0.270 e. The molecular weight excluding hydrogens is 338 g/mol. The third kappa shape index (κ3) is 3.17. The second-order valence-corrected chi connectivity index (χ2v) is 8.51. The first-order chi connectivity index (χ1) is 13.3. The molecule has 5 rings (SSSR count). The van der Waals surface area contributed by atoms with E-state index in [1.807, 2.05) is 18.2 Å². The van der Waals surface area contributed by atoms with Gasteiger partial charge in [0.2, 0.25) is 5.89 Å². The van der Waals surface area contributed by atoms with E-state index in [9.17, 15) is 4.79 Å². The van der Waals surface area contributed by atoms with E-state index in [2.05, 4.69) is 10.1 Å². The van der Waals surface area contributed by atoms with E-state index in [4.69, 9.17) is 9.51 Å². The van der Waals surface area contributed by atoms with Crippen molar-refractivity contribution in [2.45, 2.75) is 63.7 Å². The molecule has 2 fully saturated rings. The summed E-state index contributed by atoms with van der Waals surface area (Å²) in [5.41, 5.74) is 3.03. The molecule has 2 aromatic rings. The van der Waals surface area contributed by atoms with Gasteiger partial charge in [-0.1, -0.05) is 25.7 Å². The summed E-state index contributed by atoms with van der Waals surface area (Å²) >= 11 is 0. The van der Waals surface area contributed by atoms with Crippen LogP contribution in [0.5, 0.6) is 0 Å². The Morgan fingerprint density at radius 3 is 2.85 bits per heavy atom. The Hall–Kier alpha value is -2.17. The molecule has 3 atom stereocenters. The Morgan fingerprint density at radius 1 is 1.07 bits per heavy atom. The minimum Gasteiger partial charge on any atom is -0.337 e. The van der Waals surface area contributed by atoms with Crippen LogP contribution in [-0.2, 0) is 6.42 Å².